The van der Waals surface area contributed by atoms with Gasteiger partial charge in [0.15, 0.2) is 5.60 Å². The largest absolute Gasteiger partial charge is 0.469 e. The Morgan fingerprint density at radius 2 is 1.86 bits per heavy atom. The lowest BCUT2D eigenvalue weighted by Crippen LogP contribution is -2.47. The third-order valence-electron chi connectivity index (χ3n) is 3.24. The van der Waals surface area contributed by atoms with Gasteiger partial charge in [0.2, 0.25) is 0 Å². The predicted octanol–water partition coefficient (Wildman–Crippen LogP) is 1.80. The van der Waals surface area contributed by atoms with Crippen LogP contribution in [0, 0.1) is 19.3 Å². The molecule has 1 aromatic rings. The van der Waals surface area contributed by atoms with Gasteiger partial charge in [0.25, 0.3) is 0 Å². The van der Waals surface area contributed by atoms with Crippen LogP contribution in [-0.4, -0.2) is 29.8 Å². The maximum atomic E-state index is 12.1. The van der Waals surface area contributed by atoms with Crippen LogP contribution in [-0.2, 0) is 25.7 Å². The van der Waals surface area contributed by atoms with E-state index in [4.69, 9.17) is 4.74 Å². The number of ether oxygens (including phenoxy) is 2. The molecule has 0 saturated carbocycles. The molecule has 1 rings (SSSR count). The minimum absolute atomic E-state index is 0.0309. The molecule has 0 aromatic heterocycles. The zero-order valence-corrected chi connectivity index (χ0v) is 12.8. The van der Waals surface area contributed by atoms with Crippen molar-refractivity contribution in [3.63, 3.8) is 0 Å². The van der Waals surface area contributed by atoms with Crippen molar-refractivity contribution in [1.29, 1.82) is 0 Å². The van der Waals surface area contributed by atoms with E-state index in [2.05, 4.69) is 4.74 Å². The minimum atomic E-state index is -2.00. The molecule has 0 bridgehead atoms. The topological polar surface area (TPSA) is 72.8 Å². The van der Waals surface area contributed by atoms with E-state index >= 15 is 0 Å². The second-order valence-electron chi connectivity index (χ2n) is 5.21. The van der Waals surface area contributed by atoms with Crippen molar-refractivity contribution in [2.45, 2.75) is 33.0 Å². The van der Waals surface area contributed by atoms with Crippen molar-refractivity contribution in [3.05, 3.63) is 41.8 Å². The van der Waals surface area contributed by atoms with E-state index in [1.807, 2.05) is 31.2 Å². The molecule has 0 saturated heterocycles. The fourth-order valence-electron chi connectivity index (χ4n) is 1.65. The summed E-state index contributed by atoms with van der Waals surface area (Å²) >= 11 is 0. The molecule has 1 radical (unpaired) electrons. The van der Waals surface area contributed by atoms with Crippen LogP contribution >= 0.6 is 0 Å². The highest BCUT2D eigenvalue weighted by atomic mass is 16.6. The van der Waals surface area contributed by atoms with Crippen molar-refractivity contribution < 1.29 is 24.2 Å². The van der Waals surface area contributed by atoms with E-state index in [-0.39, 0.29) is 6.61 Å². The fraction of sp³-hybridized carbons (Fsp3) is 0.438. The van der Waals surface area contributed by atoms with E-state index in [0.29, 0.717) is 0 Å². The summed E-state index contributed by atoms with van der Waals surface area (Å²) in [6, 6.07) is 7.47. The maximum Gasteiger partial charge on any atom is 0.339 e. The molecular formula is C16H21O5. The van der Waals surface area contributed by atoms with Crippen LogP contribution in [0.4, 0.5) is 0 Å². The molecule has 1 aromatic carbocycles. The molecule has 1 atom stereocenters. The van der Waals surface area contributed by atoms with Crippen LogP contribution in [0.2, 0.25) is 0 Å². The molecule has 1 N–H and O–H groups in total. The van der Waals surface area contributed by atoms with Crippen LogP contribution in [0.5, 0.6) is 0 Å². The number of carbonyl (C=O) groups is 2. The summed E-state index contributed by atoms with van der Waals surface area (Å²) in [4.78, 5) is 23.4. The van der Waals surface area contributed by atoms with Crippen molar-refractivity contribution >= 4 is 11.9 Å². The molecule has 5 nitrogen and oxygen atoms in total. The third-order valence-corrected chi connectivity index (χ3v) is 3.24. The molecule has 21 heavy (non-hydrogen) atoms. The Labute approximate surface area is 124 Å². The number of methoxy groups -OCH3 is 1. The van der Waals surface area contributed by atoms with E-state index in [1.165, 1.54) is 7.11 Å². The summed E-state index contributed by atoms with van der Waals surface area (Å²) in [5.41, 5.74) is -0.0986. The second-order valence-corrected chi connectivity index (χ2v) is 5.21. The molecule has 0 spiro atoms. The molecule has 0 aliphatic carbocycles. The second kappa shape index (κ2) is 7.22. The van der Waals surface area contributed by atoms with Gasteiger partial charge < -0.3 is 14.6 Å². The van der Waals surface area contributed by atoms with Crippen molar-refractivity contribution in [2.24, 2.45) is 5.92 Å². The standard InChI is InChI=1S/C16H21O5/c1-11(2)16(19,9-14(17)20-4)15(18)21-10-13-7-5-12(3)6-8-13/h5-9,11,19H,10H2,1-4H3. The summed E-state index contributed by atoms with van der Waals surface area (Å²) in [7, 11) is 1.18. The van der Waals surface area contributed by atoms with Gasteiger partial charge in [-0.1, -0.05) is 43.7 Å². The van der Waals surface area contributed by atoms with Crippen molar-refractivity contribution in [2.75, 3.05) is 7.11 Å². The zero-order chi connectivity index (χ0) is 16.0. The van der Waals surface area contributed by atoms with E-state index in [9.17, 15) is 14.7 Å². The summed E-state index contributed by atoms with van der Waals surface area (Å²) in [6.45, 7) is 5.22. The van der Waals surface area contributed by atoms with Gasteiger partial charge >= 0.3 is 11.9 Å². The van der Waals surface area contributed by atoms with Gasteiger partial charge in [-0.2, -0.15) is 0 Å². The highest BCUT2D eigenvalue weighted by Gasteiger charge is 2.44. The average Bonchev–Trinajstić information content (AvgIpc) is 2.45. The molecule has 5 heteroatoms. The first-order chi connectivity index (χ1) is 9.79. The Balaban J connectivity index is 2.73. The van der Waals surface area contributed by atoms with Crippen LogP contribution < -0.4 is 0 Å². The predicted molar refractivity (Wildman–Crippen MR) is 77.1 cm³/mol. The average molecular weight is 293 g/mol. The van der Waals surface area contributed by atoms with Gasteiger partial charge in [0, 0.05) is 0 Å². The Bertz CT molecular complexity index is 492. The Morgan fingerprint density at radius 1 is 1.29 bits per heavy atom. The normalized spacial score (nSPS) is 13.6. The number of aliphatic hydroxyl groups is 1. The molecule has 0 aliphatic rings. The van der Waals surface area contributed by atoms with Gasteiger partial charge in [-0.15, -0.1) is 0 Å². The van der Waals surface area contributed by atoms with Gasteiger partial charge in [-0.05, 0) is 18.4 Å². The number of esters is 2. The quantitative estimate of drug-likeness (QED) is 0.810. The number of hydrogen-bond donors (Lipinski definition) is 1. The third kappa shape index (κ3) is 4.56. The summed E-state index contributed by atoms with van der Waals surface area (Å²) in [5, 5.41) is 10.3. The number of carbonyl (C=O) groups excluding carboxylic acids is 2. The molecule has 0 heterocycles. The summed E-state index contributed by atoms with van der Waals surface area (Å²) < 4.78 is 9.57. The lowest BCUT2D eigenvalue weighted by Gasteiger charge is -2.28. The monoisotopic (exact) mass is 293 g/mol. The first-order valence-electron chi connectivity index (χ1n) is 6.68. The van der Waals surface area contributed by atoms with Crippen LogP contribution in [0.25, 0.3) is 0 Å². The van der Waals surface area contributed by atoms with Gasteiger partial charge in [0.1, 0.15) is 13.0 Å². The van der Waals surface area contributed by atoms with Gasteiger partial charge in [0.05, 0.1) is 7.11 Å². The van der Waals surface area contributed by atoms with Crippen LogP contribution in [0.3, 0.4) is 0 Å². The Kier molecular flexibility index (Phi) is 5.90. The van der Waals surface area contributed by atoms with E-state index < -0.39 is 23.5 Å². The zero-order valence-electron chi connectivity index (χ0n) is 12.8. The van der Waals surface area contributed by atoms with E-state index in [0.717, 1.165) is 17.5 Å². The SMILES string of the molecule is COC(=O)[CH]C(O)(C(=O)OCc1ccc(C)cc1)C(C)C. The van der Waals surface area contributed by atoms with Crippen LogP contribution in [0.15, 0.2) is 24.3 Å². The Morgan fingerprint density at radius 3 is 2.33 bits per heavy atom. The minimum Gasteiger partial charge on any atom is -0.469 e. The molecule has 0 fully saturated rings. The van der Waals surface area contributed by atoms with Crippen LogP contribution in [0.1, 0.15) is 25.0 Å². The Hall–Kier alpha value is -1.88. The molecule has 0 aliphatic heterocycles. The van der Waals surface area contributed by atoms with E-state index in [1.54, 1.807) is 13.8 Å². The number of aryl methyl sites for hydroxylation is 1. The molecular weight excluding hydrogens is 272 g/mol. The summed E-state index contributed by atoms with van der Waals surface area (Å²) in [6.07, 6.45) is 0.842. The smallest absolute Gasteiger partial charge is 0.339 e. The van der Waals surface area contributed by atoms with Gasteiger partial charge in [-0.3, -0.25) is 4.79 Å². The highest BCUT2D eigenvalue weighted by molar-refractivity contribution is 5.92. The molecule has 115 valence electrons. The van der Waals surface area contributed by atoms with Crippen molar-refractivity contribution in [1.82, 2.24) is 0 Å². The number of rotatable bonds is 6. The maximum absolute atomic E-state index is 12.1. The number of hydrogen-bond acceptors (Lipinski definition) is 5. The fourth-order valence-corrected chi connectivity index (χ4v) is 1.65. The summed E-state index contributed by atoms with van der Waals surface area (Å²) in [5.74, 6) is -2.18. The first kappa shape index (κ1) is 17.2. The van der Waals surface area contributed by atoms with Crippen molar-refractivity contribution in [3.8, 4) is 0 Å². The molecule has 1 unspecified atom stereocenters. The lowest BCUT2D eigenvalue weighted by atomic mass is 9.87. The van der Waals surface area contributed by atoms with Gasteiger partial charge in [-0.25, -0.2) is 4.79 Å². The number of benzene rings is 1. The first-order valence-corrected chi connectivity index (χ1v) is 6.68. The highest BCUT2D eigenvalue weighted by Crippen LogP contribution is 2.23. The lowest BCUT2D eigenvalue weighted by molar-refractivity contribution is -0.170. The molecule has 0 amide bonds.